The van der Waals surface area contributed by atoms with E-state index in [9.17, 15) is 4.79 Å². The summed E-state index contributed by atoms with van der Waals surface area (Å²) in [7, 11) is 0. The minimum Gasteiger partial charge on any atom is -0.341 e. The first-order valence-electron chi connectivity index (χ1n) is 7.10. The maximum atomic E-state index is 12.5. The molecule has 0 saturated carbocycles. The van der Waals surface area contributed by atoms with E-state index in [0.717, 1.165) is 19.6 Å². The van der Waals surface area contributed by atoms with Gasteiger partial charge in [0.15, 0.2) is 0 Å². The SMILES string of the molecule is CC1CC(C)CN(C(=O)C2NCCCC2C)C1. The van der Waals surface area contributed by atoms with Crippen LogP contribution in [0.2, 0.25) is 0 Å². The van der Waals surface area contributed by atoms with E-state index in [0.29, 0.717) is 23.7 Å². The maximum absolute atomic E-state index is 12.5. The van der Waals surface area contributed by atoms with Crippen molar-refractivity contribution in [2.75, 3.05) is 19.6 Å². The largest absolute Gasteiger partial charge is 0.341 e. The van der Waals surface area contributed by atoms with Gasteiger partial charge in [-0.2, -0.15) is 0 Å². The first-order valence-corrected chi connectivity index (χ1v) is 7.10. The molecule has 4 atom stereocenters. The molecule has 2 heterocycles. The number of piperidine rings is 2. The van der Waals surface area contributed by atoms with Crippen molar-refractivity contribution in [1.82, 2.24) is 10.2 Å². The molecular formula is C14H26N2O. The van der Waals surface area contributed by atoms with E-state index in [2.05, 4.69) is 31.0 Å². The third-order valence-corrected chi connectivity index (χ3v) is 4.22. The van der Waals surface area contributed by atoms with Gasteiger partial charge in [0.1, 0.15) is 0 Å². The lowest BCUT2D eigenvalue weighted by Crippen LogP contribution is -2.55. The van der Waals surface area contributed by atoms with Gasteiger partial charge in [-0.1, -0.05) is 20.8 Å². The van der Waals surface area contributed by atoms with Gasteiger partial charge in [0.05, 0.1) is 6.04 Å². The Morgan fingerprint density at radius 3 is 2.41 bits per heavy atom. The average molecular weight is 238 g/mol. The number of amides is 1. The molecule has 2 aliphatic rings. The molecule has 1 N–H and O–H groups in total. The monoisotopic (exact) mass is 238 g/mol. The zero-order valence-corrected chi connectivity index (χ0v) is 11.4. The first-order chi connectivity index (χ1) is 8.08. The van der Waals surface area contributed by atoms with E-state index < -0.39 is 0 Å². The molecule has 0 bridgehead atoms. The van der Waals surface area contributed by atoms with Crippen LogP contribution in [0, 0.1) is 17.8 Å². The van der Waals surface area contributed by atoms with Crippen molar-refractivity contribution in [3.05, 3.63) is 0 Å². The Hall–Kier alpha value is -0.570. The fourth-order valence-corrected chi connectivity index (χ4v) is 3.42. The normalized spacial score (nSPS) is 39.1. The fraction of sp³-hybridized carbons (Fsp3) is 0.929. The number of likely N-dealkylation sites (tertiary alicyclic amines) is 1. The maximum Gasteiger partial charge on any atom is 0.239 e. The molecule has 3 nitrogen and oxygen atoms in total. The number of carbonyl (C=O) groups excluding carboxylic acids is 1. The summed E-state index contributed by atoms with van der Waals surface area (Å²) in [4.78, 5) is 14.6. The summed E-state index contributed by atoms with van der Waals surface area (Å²) in [6.07, 6.45) is 3.65. The Balaban J connectivity index is 1.98. The van der Waals surface area contributed by atoms with Crippen LogP contribution in [-0.2, 0) is 4.79 Å². The highest BCUT2D eigenvalue weighted by molar-refractivity contribution is 5.82. The Bertz CT molecular complexity index is 269. The van der Waals surface area contributed by atoms with Crippen LogP contribution in [0.1, 0.15) is 40.0 Å². The molecule has 0 aliphatic carbocycles. The molecular weight excluding hydrogens is 212 g/mol. The van der Waals surface area contributed by atoms with Crippen LogP contribution in [0.4, 0.5) is 0 Å². The zero-order chi connectivity index (χ0) is 12.4. The van der Waals surface area contributed by atoms with Crippen molar-refractivity contribution in [3.63, 3.8) is 0 Å². The van der Waals surface area contributed by atoms with Gasteiger partial charge >= 0.3 is 0 Å². The highest BCUT2D eigenvalue weighted by atomic mass is 16.2. The average Bonchev–Trinajstić information content (AvgIpc) is 2.27. The predicted octanol–water partition coefficient (Wildman–Crippen LogP) is 1.88. The predicted molar refractivity (Wildman–Crippen MR) is 69.7 cm³/mol. The van der Waals surface area contributed by atoms with Gasteiger partial charge < -0.3 is 10.2 Å². The lowest BCUT2D eigenvalue weighted by Gasteiger charge is -2.39. The molecule has 17 heavy (non-hydrogen) atoms. The molecule has 0 aromatic rings. The van der Waals surface area contributed by atoms with Crippen molar-refractivity contribution in [2.45, 2.75) is 46.1 Å². The molecule has 4 unspecified atom stereocenters. The summed E-state index contributed by atoms with van der Waals surface area (Å²) < 4.78 is 0. The molecule has 2 fully saturated rings. The Kier molecular flexibility index (Phi) is 4.08. The smallest absolute Gasteiger partial charge is 0.239 e. The minimum absolute atomic E-state index is 0.0706. The van der Waals surface area contributed by atoms with Crippen molar-refractivity contribution < 1.29 is 4.79 Å². The van der Waals surface area contributed by atoms with E-state index in [4.69, 9.17) is 0 Å². The number of hydrogen-bond donors (Lipinski definition) is 1. The topological polar surface area (TPSA) is 32.3 Å². The van der Waals surface area contributed by atoms with E-state index in [1.165, 1.54) is 19.3 Å². The number of carbonyl (C=O) groups is 1. The Morgan fingerprint density at radius 1 is 1.18 bits per heavy atom. The Labute approximate surface area is 105 Å². The van der Waals surface area contributed by atoms with Crippen molar-refractivity contribution in [3.8, 4) is 0 Å². The molecule has 2 saturated heterocycles. The second-order valence-corrected chi connectivity index (χ2v) is 6.24. The summed E-state index contributed by atoms with van der Waals surface area (Å²) in [5.41, 5.74) is 0. The van der Waals surface area contributed by atoms with Gasteiger partial charge in [-0.15, -0.1) is 0 Å². The molecule has 0 spiro atoms. The minimum atomic E-state index is 0.0706. The van der Waals surface area contributed by atoms with Crippen molar-refractivity contribution >= 4 is 5.91 Å². The first kappa shape index (κ1) is 12.9. The molecule has 98 valence electrons. The summed E-state index contributed by atoms with van der Waals surface area (Å²) in [5, 5.41) is 3.40. The van der Waals surface area contributed by atoms with Gasteiger partial charge in [0.2, 0.25) is 5.91 Å². The van der Waals surface area contributed by atoms with Crippen LogP contribution in [0.5, 0.6) is 0 Å². The lowest BCUT2D eigenvalue weighted by molar-refractivity contribution is -0.138. The molecule has 0 aromatic heterocycles. The number of rotatable bonds is 1. The highest BCUT2D eigenvalue weighted by Crippen LogP contribution is 2.24. The lowest BCUT2D eigenvalue weighted by atomic mass is 9.88. The van der Waals surface area contributed by atoms with Crippen molar-refractivity contribution in [1.29, 1.82) is 0 Å². The van der Waals surface area contributed by atoms with Gasteiger partial charge in [-0.3, -0.25) is 4.79 Å². The molecule has 3 heteroatoms. The van der Waals surface area contributed by atoms with Crippen LogP contribution in [0.25, 0.3) is 0 Å². The van der Waals surface area contributed by atoms with Crippen LogP contribution in [0.3, 0.4) is 0 Å². The molecule has 2 aliphatic heterocycles. The van der Waals surface area contributed by atoms with Gasteiger partial charge in [0, 0.05) is 13.1 Å². The highest BCUT2D eigenvalue weighted by Gasteiger charge is 2.33. The third-order valence-electron chi connectivity index (χ3n) is 4.22. The van der Waals surface area contributed by atoms with E-state index in [1.54, 1.807) is 0 Å². The molecule has 0 aromatic carbocycles. The third kappa shape index (κ3) is 3.01. The van der Waals surface area contributed by atoms with Crippen LogP contribution in [0.15, 0.2) is 0 Å². The number of nitrogens with one attached hydrogen (secondary N) is 1. The molecule has 0 radical (unpaired) electrons. The van der Waals surface area contributed by atoms with Crippen molar-refractivity contribution in [2.24, 2.45) is 17.8 Å². The van der Waals surface area contributed by atoms with Crippen LogP contribution in [-0.4, -0.2) is 36.5 Å². The van der Waals surface area contributed by atoms with Crippen LogP contribution >= 0.6 is 0 Å². The van der Waals surface area contributed by atoms with Gasteiger partial charge in [-0.05, 0) is 43.6 Å². The summed E-state index contributed by atoms with van der Waals surface area (Å²) in [6.45, 7) is 9.62. The summed E-state index contributed by atoms with van der Waals surface area (Å²) in [5.74, 6) is 2.14. The van der Waals surface area contributed by atoms with E-state index >= 15 is 0 Å². The number of hydrogen-bond acceptors (Lipinski definition) is 2. The van der Waals surface area contributed by atoms with Gasteiger partial charge in [-0.25, -0.2) is 0 Å². The number of nitrogens with zero attached hydrogens (tertiary/aromatic N) is 1. The quantitative estimate of drug-likeness (QED) is 0.756. The van der Waals surface area contributed by atoms with E-state index in [-0.39, 0.29) is 6.04 Å². The molecule has 2 rings (SSSR count). The van der Waals surface area contributed by atoms with Gasteiger partial charge in [0.25, 0.3) is 0 Å². The Morgan fingerprint density at radius 2 is 1.82 bits per heavy atom. The fourth-order valence-electron chi connectivity index (χ4n) is 3.42. The van der Waals surface area contributed by atoms with E-state index in [1.807, 2.05) is 0 Å². The second kappa shape index (κ2) is 5.38. The molecule has 1 amide bonds. The second-order valence-electron chi connectivity index (χ2n) is 6.24. The summed E-state index contributed by atoms with van der Waals surface area (Å²) >= 11 is 0. The zero-order valence-electron chi connectivity index (χ0n) is 11.4. The standard InChI is InChI=1S/C14H26N2O/c1-10-7-11(2)9-16(8-10)14(17)13-12(3)5-4-6-15-13/h10-13,15H,4-9H2,1-3H3. The summed E-state index contributed by atoms with van der Waals surface area (Å²) in [6, 6.07) is 0.0706. The van der Waals surface area contributed by atoms with Crippen LogP contribution < -0.4 is 5.32 Å².